The zero-order valence-corrected chi connectivity index (χ0v) is 21.0. The molecule has 1 fully saturated rings. The summed E-state index contributed by atoms with van der Waals surface area (Å²) in [6, 6.07) is -0.237. The van der Waals surface area contributed by atoms with Crippen molar-refractivity contribution in [1.29, 1.82) is 5.41 Å². The molecule has 0 radical (unpaired) electrons. The maximum atomic E-state index is 13.1. The zero-order valence-electron chi connectivity index (χ0n) is 21.0. The molecule has 5 N–H and O–H groups in total. The number of alkyl halides is 3. The zero-order chi connectivity index (χ0) is 26.6. The van der Waals surface area contributed by atoms with Crippen LogP contribution >= 0.6 is 0 Å². The molecule has 0 saturated heterocycles. The number of amides is 1. The second-order valence-corrected chi connectivity index (χ2v) is 9.01. The average molecular weight is 497 g/mol. The highest BCUT2D eigenvalue weighted by Gasteiger charge is 2.36. The number of carbonyl (C=O) groups excluding carboxylic acids is 1. The van der Waals surface area contributed by atoms with Gasteiger partial charge in [-0.3, -0.25) is 4.79 Å². The van der Waals surface area contributed by atoms with Crippen molar-refractivity contribution in [3.8, 4) is 0 Å². The SMILES string of the molecule is C=CN(/C=C\CCCC)C(=C)/N=C(C(=O)NC1CCC(C)(NCC(F)(F)F)CC1)\C(N)=C(/C)C=N. The molecule has 0 aromatic rings. The molecule has 0 bridgehead atoms. The molecule has 0 aromatic carbocycles. The number of halogens is 3. The van der Waals surface area contributed by atoms with E-state index in [9.17, 15) is 18.0 Å². The molecule has 1 saturated carbocycles. The minimum atomic E-state index is -4.27. The summed E-state index contributed by atoms with van der Waals surface area (Å²) in [5.74, 6) is -0.299. The second kappa shape index (κ2) is 13.9. The summed E-state index contributed by atoms with van der Waals surface area (Å²) in [6.45, 7) is 12.1. The van der Waals surface area contributed by atoms with Gasteiger partial charge in [-0.1, -0.05) is 39.0 Å². The molecule has 35 heavy (non-hydrogen) atoms. The van der Waals surface area contributed by atoms with E-state index >= 15 is 0 Å². The number of aliphatic imine (C=N–C) groups is 1. The van der Waals surface area contributed by atoms with Gasteiger partial charge in [0, 0.05) is 30.2 Å². The number of carbonyl (C=O) groups is 1. The van der Waals surface area contributed by atoms with Crippen molar-refractivity contribution >= 4 is 17.8 Å². The predicted octanol–water partition coefficient (Wildman–Crippen LogP) is 4.90. The Kier molecular flexibility index (Phi) is 11.9. The van der Waals surface area contributed by atoms with Crippen LogP contribution in [0.5, 0.6) is 0 Å². The second-order valence-electron chi connectivity index (χ2n) is 9.01. The smallest absolute Gasteiger partial charge is 0.397 e. The van der Waals surface area contributed by atoms with E-state index in [0.29, 0.717) is 31.3 Å². The largest absolute Gasteiger partial charge is 0.401 e. The van der Waals surface area contributed by atoms with Gasteiger partial charge in [0.1, 0.15) is 5.82 Å². The Labute approximate surface area is 206 Å². The molecular formula is C25H39F3N6O. The van der Waals surface area contributed by atoms with Crippen LogP contribution in [0.1, 0.15) is 65.7 Å². The van der Waals surface area contributed by atoms with Crippen molar-refractivity contribution in [3.05, 3.63) is 48.7 Å². The Morgan fingerprint density at radius 3 is 2.49 bits per heavy atom. The summed E-state index contributed by atoms with van der Waals surface area (Å²) >= 11 is 0. The van der Waals surface area contributed by atoms with E-state index < -0.39 is 24.2 Å². The highest BCUT2D eigenvalue weighted by Crippen LogP contribution is 2.29. The molecule has 1 rings (SSSR count). The highest BCUT2D eigenvalue weighted by atomic mass is 19.4. The Hall–Kier alpha value is -2.88. The Morgan fingerprint density at radius 2 is 1.97 bits per heavy atom. The van der Waals surface area contributed by atoms with E-state index in [0.717, 1.165) is 25.5 Å². The Balaban J connectivity index is 2.98. The van der Waals surface area contributed by atoms with Gasteiger partial charge < -0.3 is 26.7 Å². The van der Waals surface area contributed by atoms with Gasteiger partial charge in [0.25, 0.3) is 5.91 Å². The molecule has 1 aliphatic rings. The van der Waals surface area contributed by atoms with Crippen LogP contribution in [-0.4, -0.2) is 47.0 Å². The summed E-state index contributed by atoms with van der Waals surface area (Å²) < 4.78 is 37.8. The van der Waals surface area contributed by atoms with Crippen molar-refractivity contribution in [2.45, 2.75) is 83.5 Å². The number of rotatable bonds is 13. The van der Waals surface area contributed by atoms with Crippen LogP contribution in [0.15, 0.2) is 53.7 Å². The monoisotopic (exact) mass is 496 g/mol. The molecule has 0 spiro atoms. The third-order valence-corrected chi connectivity index (χ3v) is 5.98. The summed E-state index contributed by atoms with van der Waals surface area (Å²) in [5.41, 5.74) is 5.84. The first-order valence-electron chi connectivity index (χ1n) is 11.8. The van der Waals surface area contributed by atoms with Crippen LogP contribution in [-0.2, 0) is 4.79 Å². The van der Waals surface area contributed by atoms with E-state index in [1.54, 1.807) is 24.9 Å². The van der Waals surface area contributed by atoms with Gasteiger partial charge in [-0.05, 0) is 51.5 Å². The Morgan fingerprint density at radius 1 is 1.34 bits per heavy atom. The fourth-order valence-corrected chi connectivity index (χ4v) is 3.59. The predicted molar refractivity (Wildman–Crippen MR) is 136 cm³/mol. The first-order valence-corrected chi connectivity index (χ1v) is 11.8. The Bertz CT molecular complexity index is 852. The topological polar surface area (TPSA) is 107 Å². The summed E-state index contributed by atoms with van der Waals surface area (Å²) in [6.07, 6.45) is 6.94. The first kappa shape index (κ1) is 30.2. The van der Waals surface area contributed by atoms with E-state index in [1.165, 1.54) is 6.20 Å². The van der Waals surface area contributed by atoms with Crippen molar-refractivity contribution in [2.75, 3.05) is 6.54 Å². The number of nitrogens with one attached hydrogen (secondary N) is 3. The molecular weight excluding hydrogens is 457 g/mol. The first-order chi connectivity index (χ1) is 16.4. The van der Waals surface area contributed by atoms with Gasteiger partial charge in [0.15, 0.2) is 5.71 Å². The van der Waals surface area contributed by atoms with E-state index in [1.807, 2.05) is 6.08 Å². The molecule has 0 aromatic heterocycles. The molecule has 1 amide bonds. The van der Waals surface area contributed by atoms with Gasteiger partial charge in [-0.25, -0.2) is 4.99 Å². The van der Waals surface area contributed by atoms with Crippen LogP contribution in [0.2, 0.25) is 0 Å². The summed E-state index contributed by atoms with van der Waals surface area (Å²) in [4.78, 5) is 19.1. The number of hydrogen-bond donors (Lipinski definition) is 4. The molecule has 10 heteroatoms. The van der Waals surface area contributed by atoms with Crippen LogP contribution in [0.4, 0.5) is 13.2 Å². The van der Waals surface area contributed by atoms with Gasteiger partial charge in [0.2, 0.25) is 0 Å². The lowest BCUT2D eigenvalue weighted by Crippen LogP contribution is -2.52. The third kappa shape index (κ3) is 10.5. The average Bonchev–Trinajstić information content (AvgIpc) is 2.81. The van der Waals surface area contributed by atoms with Crippen LogP contribution < -0.4 is 16.4 Å². The standard InChI is InChI=1S/C25H39F3N6O/c1-6-8-9-10-15-34(7-2)19(4)32-22(21(30)18(3)16-29)23(35)33-20-11-13-24(5,14-12-20)31-17-25(26,27)28/h7,10,15-16,20,29,31H,2,4,6,8-9,11-14,17,30H2,1,3,5H3,(H,33,35)/b15-10-,21-18-,29-16?,32-22+. The fourth-order valence-electron chi connectivity index (χ4n) is 3.59. The molecule has 196 valence electrons. The lowest BCUT2D eigenvalue weighted by atomic mass is 9.80. The number of unbranched alkanes of at least 4 members (excludes halogenated alkanes) is 2. The molecule has 0 unspecified atom stereocenters. The minimum absolute atomic E-state index is 0.0464. The number of allylic oxidation sites excluding steroid dienone is 2. The van der Waals surface area contributed by atoms with Crippen molar-refractivity contribution in [1.82, 2.24) is 15.5 Å². The lowest BCUT2D eigenvalue weighted by Gasteiger charge is -2.38. The fraction of sp³-hybridized carbons (Fsp3) is 0.560. The van der Waals surface area contributed by atoms with Gasteiger partial charge in [0.05, 0.1) is 12.2 Å². The van der Waals surface area contributed by atoms with Crippen LogP contribution in [0.3, 0.4) is 0 Å². The number of nitrogens with two attached hydrogens (primary N) is 1. The van der Waals surface area contributed by atoms with Gasteiger partial charge >= 0.3 is 6.18 Å². The van der Waals surface area contributed by atoms with Crippen molar-refractivity contribution in [3.63, 3.8) is 0 Å². The van der Waals surface area contributed by atoms with Crippen molar-refractivity contribution < 1.29 is 18.0 Å². The minimum Gasteiger partial charge on any atom is -0.397 e. The molecule has 7 nitrogen and oxygen atoms in total. The highest BCUT2D eigenvalue weighted by molar-refractivity contribution is 6.45. The van der Waals surface area contributed by atoms with Crippen molar-refractivity contribution in [2.24, 2.45) is 10.7 Å². The third-order valence-electron chi connectivity index (χ3n) is 5.98. The number of nitrogens with zero attached hydrogens (tertiary/aromatic N) is 2. The summed E-state index contributed by atoms with van der Waals surface area (Å²) in [7, 11) is 0. The van der Waals surface area contributed by atoms with E-state index in [4.69, 9.17) is 11.1 Å². The molecule has 1 aliphatic carbocycles. The van der Waals surface area contributed by atoms with Crippen LogP contribution in [0.25, 0.3) is 0 Å². The lowest BCUT2D eigenvalue weighted by molar-refractivity contribution is -0.129. The maximum Gasteiger partial charge on any atom is 0.401 e. The van der Waals surface area contributed by atoms with Gasteiger partial charge in [-0.2, -0.15) is 13.2 Å². The van der Waals surface area contributed by atoms with Crippen LogP contribution in [0, 0.1) is 5.41 Å². The molecule has 0 heterocycles. The number of hydrogen-bond acceptors (Lipinski definition) is 6. The quantitative estimate of drug-likeness (QED) is 0.215. The van der Waals surface area contributed by atoms with E-state index in [-0.39, 0.29) is 23.3 Å². The normalized spacial score (nSPS) is 21.9. The van der Waals surface area contributed by atoms with E-state index in [2.05, 4.69) is 35.7 Å². The molecule has 0 atom stereocenters. The maximum absolute atomic E-state index is 13.1. The molecule has 0 aliphatic heterocycles. The summed E-state index contributed by atoms with van der Waals surface area (Å²) in [5, 5.41) is 13.0. The van der Waals surface area contributed by atoms with Gasteiger partial charge in [-0.15, -0.1) is 0 Å².